The third kappa shape index (κ3) is 4.48. The van der Waals surface area contributed by atoms with E-state index in [1.165, 1.54) is 0 Å². The summed E-state index contributed by atoms with van der Waals surface area (Å²) in [5, 5.41) is 7.22. The number of carbonyl (C=O) groups excluding carboxylic acids is 1. The number of anilines is 1. The molecule has 1 aromatic rings. The van der Waals surface area contributed by atoms with E-state index >= 15 is 0 Å². The van der Waals surface area contributed by atoms with E-state index < -0.39 is 0 Å². The molecule has 0 saturated carbocycles. The SMILES string of the molecule is O=C(CSC1CCNCC1)Nc1cc(Cl)ccn1. The van der Waals surface area contributed by atoms with Gasteiger partial charge in [-0.05, 0) is 38.1 Å². The fourth-order valence-corrected chi connectivity index (χ4v) is 3.00. The molecule has 0 unspecified atom stereocenters. The molecule has 0 radical (unpaired) electrons. The van der Waals surface area contributed by atoms with E-state index in [1.807, 2.05) is 0 Å². The van der Waals surface area contributed by atoms with Gasteiger partial charge in [-0.3, -0.25) is 4.79 Å². The molecule has 1 aromatic heterocycles. The fraction of sp³-hybridized carbons (Fsp3) is 0.500. The Labute approximate surface area is 116 Å². The number of hydrogen-bond acceptors (Lipinski definition) is 4. The van der Waals surface area contributed by atoms with Gasteiger partial charge in [0.1, 0.15) is 5.82 Å². The lowest BCUT2D eigenvalue weighted by molar-refractivity contribution is -0.113. The van der Waals surface area contributed by atoms with Crippen molar-refractivity contribution in [1.29, 1.82) is 0 Å². The van der Waals surface area contributed by atoms with E-state index in [0.29, 0.717) is 21.8 Å². The van der Waals surface area contributed by atoms with Crippen molar-refractivity contribution in [1.82, 2.24) is 10.3 Å². The van der Waals surface area contributed by atoms with Gasteiger partial charge in [0, 0.05) is 16.5 Å². The molecule has 0 bridgehead atoms. The lowest BCUT2D eigenvalue weighted by Crippen LogP contribution is -2.30. The molecule has 18 heavy (non-hydrogen) atoms. The van der Waals surface area contributed by atoms with E-state index in [-0.39, 0.29) is 5.91 Å². The minimum Gasteiger partial charge on any atom is -0.317 e. The standard InChI is InChI=1S/C12H16ClN3OS/c13-9-1-6-15-11(7-9)16-12(17)8-18-10-2-4-14-5-3-10/h1,6-7,10,14H,2-5,8H2,(H,15,16,17). The van der Waals surface area contributed by atoms with E-state index in [0.717, 1.165) is 25.9 Å². The zero-order valence-corrected chi connectivity index (χ0v) is 11.6. The molecule has 0 aromatic carbocycles. The normalized spacial score (nSPS) is 16.5. The Balaban J connectivity index is 1.74. The summed E-state index contributed by atoms with van der Waals surface area (Å²) >= 11 is 7.54. The van der Waals surface area contributed by atoms with E-state index in [4.69, 9.17) is 11.6 Å². The summed E-state index contributed by atoms with van der Waals surface area (Å²) in [6, 6.07) is 3.33. The fourth-order valence-electron chi connectivity index (χ4n) is 1.81. The molecule has 1 aliphatic heterocycles. The molecule has 98 valence electrons. The molecule has 2 heterocycles. The minimum atomic E-state index is -0.0201. The third-order valence-corrected chi connectivity index (χ3v) is 4.33. The van der Waals surface area contributed by atoms with E-state index in [2.05, 4.69) is 15.6 Å². The highest BCUT2D eigenvalue weighted by Gasteiger charge is 2.15. The summed E-state index contributed by atoms with van der Waals surface area (Å²) in [6.45, 7) is 2.10. The van der Waals surface area contributed by atoms with Crippen LogP contribution in [0.3, 0.4) is 0 Å². The lowest BCUT2D eigenvalue weighted by Gasteiger charge is -2.21. The van der Waals surface area contributed by atoms with Crippen LogP contribution in [-0.4, -0.2) is 35.0 Å². The van der Waals surface area contributed by atoms with Gasteiger partial charge >= 0.3 is 0 Å². The van der Waals surface area contributed by atoms with Gasteiger partial charge in [-0.25, -0.2) is 4.98 Å². The summed E-state index contributed by atoms with van der Waals surface area (Å²) in [6.07, 6.45) is 3.85. The number of thioether (sulfide) groups is 1. The molecule has 4 nitrogen and oxygen atoms in total. The van der Waals surface area contributed by atoms with Crippen LogP contribution in [0.1, 0.15) is 12.8 Å². The maximum absolute atomic E-state index is 11.7. The van der Waals surface area contributed by atoms with Crippen LogP contribution in [0.4, 0.5) is 5.82 Å². The Bertz CT molecular complexity index is 410. The Hall–Kier alpha value is -0.780. The third-order valence-electron chi connectivity index (χ3n) is 2.73. The quantitative estimate of drug-likeness (QED) is 0.890. The smallest absolute Gasteiger partial charge is 0.235 e. The van der Waals surface area contributed by atoms with Gasteiger partial charge in [0.05, 0.1) is 5.75 Å². The highest BCUT2D eigenvalue weighted by atomic mass is 35.5. The number of aromatic nitrogens is 1. The Morgan fingerprint density at radius 2 is 2.33 bits per heavy atom. The molecule has 0 spiro atoms. The van der Waals surface area contributed by atoms with Crippen molar-refractivity contribution in [2.24, 2.45) is 0 Å². The highest BCUT2D eigenvalue weighted by Crippen LogP contribution is 2.20. The van der Waals surface area contributed by atoms with Gasteiger partial charge in [-0.1, -0.05) is 11.6 Å². The molecule has 0 atom stereocenters. The maximum atomic E-state index is 11.7. The van der Waals surface area contributed by atoms with Crippen LogP contribution in [0.2, 0.25) is 5.02 Å². The number of piperidine rings is 1. The Morgan fingerprint density at radius 3 is 3.06 bits per heavy atom. The van der Waals surface area contributed by atoms with Crippen molar-refractivity contribution < 1.29 is 4.79 Å². The van der Waals surface area contributed by atoms with Gasteiger partial charge in [0.15, 0.2) is 0 Å². The predicted molar refractivity (Wildman–Crippen MR) is 76.2 cm³/mol. The average Bonchev–Trinajstić information content (AvgIpc) is 2.38. The first-order chi connectivity index (χ1) is 8.74. The molecule has 1 fully saturated rings. The van der Waals surface area contributed by atoms with Gasteiger partial charge in [-0.2, -0.15) is 0 Å². The van der Waals surface area contributed by atoms with Crippen molar-refractivity contribution in [2.75, 3.05) is 24.2 Å². The van der Waals surface area contributed by atoms with Crippen molar-refractivity contribution in [3.63, 3.8) is 0 Å². The number of nitrogens with zero attached hydrogens (tertiary/aromatic N) is 1. The molecule has 1 saturated heterocycles. The van der Waals surface area contributed by atoms with Crippen LogP contribution < -0.4 is 10.6 Å². The summed E-state index contributed by atoms with van der Waals surface area (Å²) in [4.78, 5) is 15.8. The van der Waals surface area contributed by atoms with Gasteiger partial charge in [0.2, 0.25) is 5.91 Å². The second kappa shape index (κ2) is 6.97. The summed E-state index contributed by atoms with van der Waals surface area (Å²) in [5.41, 5.74) is 0. The minimum absolute atomic E-state index is 0.0201. The number of rotatable bonds is 4. The van der Waals surface area contributed by atoms with Crippen molar-refractivity contribution in [2.45, 2.75) is 18.1 Å². The maximum Gasteiger partial charge on any atom is 0.235 e. The second-order valence-electron chi connectivity index (χ2n) is 4.17. The van der Waals surface area contributed by atoms with E-state index in [1.54, 1.807) is 30.1 Å². The van der Waals surface area contributed by atoms with Crippen LogP contribution in [0.25, 0.3) is 0 Å². The predicted octanol–water partition coefficient (Wildman–Crippen LogP) is 2.16. The molecule has 2 N–H and O–H groups in total. The molecule has 6 heteroatoms. The first-order valence-electron chi connectivity index (χ1n) is 5.98. The summed E-state index contributed by atoms with van der Waals surface area (Å²) in [7, 11) is 0. The topological polar surface area (TPSA) is 54.0 Å². The van der Waals surface area contributed by atoms with Gasteiger partial charge < -0.3 is 10.6 Å². The van der Waals surface area contributed by atoms with Crippen LogP contribution in [-0.2, 0) is 4.79 Å². The monoisotopic (exact) mass is 285 g/mol. The number of carbonyl (C=O) groups is 1. The number of nitrogens with one attached hydrogen (secondary N) is 2. The molecule has 1 amide bonds. The molecule has 1 aliphatic rings. The second-order valence-corrected chi connectivity index (χ2v) is 5.89. The van der Waals surface area contributed by atoms with E-state index in [9.17, 15) is 4.79 Å². The first-order valence-corrected chi connectivity index (χ1v) is 7.40. The molecular formula is C12H16ClN3OS. The summed E-state index contributed by atoms with van der Waals surface area (Å²) in [5.74, 6) is 0.963. The average molecular weight is 286 g/mol. The first kappa shape index (κ1) is 13.6. The van der Waals surface area contributed by atoms with Gasteiger partial charge in [-0.15, -0.1) is 11.8 Å². The zero-order valence-electron chi connectivity index (χ0n) is 9.99. The molecule has 2 rings (SSSR count). The Kier molecular flexibility index (Phi) is 5.28. The van der Waals surface area contributed by atoms with Crippen molar-refractivity contribution in [3.05, 3.63) is 23.4 Å². The Morgan fingerprint density at radius 1 is 1.56 bits per heavy atom. The lowest BCUT2D eigenvalue weighted by atomic mass is 10.2. The largest absolute Gasteiger partial charge is 0.317 e. The number of amides is 1. The van der Waals surface area contributed by atoms with Crippen LogP contribution >= 0.6 is 23.4 Å². The number of halogens is 1. The van der Waals surface area contributed by atoms with Crippen LogP contribution in [0, 0.1) is 0 Å². The molecule has 0 aliphatic carbocycles. The highest BCUT2D eigenvalue weighted by molar-refractivity contribution is 8.00. The van der Waals surface area contributed by atoms with Crippen LogP contribution in [0.5, 0.6) is 0 Å². The van der Waals surface area contributed by atoms with Crippen molar-refractivity contribution >= 4 is 35.1 Å². The van der Waals surface area contributed by atoms with Crippen LogP contribution in [0.15, 0.2) is 18.3 Å². The number of pyridine rings is 1. The van der Waals surface area contributed by atoms with Gasteiger partial charge in [0.25, 0.3) is 0 Å². The number of hydrogen-bond donors (Lipinski definition) is 2. The summed E-state index contributed by atoms with van der Waals surface area (Å²) < 4.78 is 0. The molecular weight excluding hydrogens is 270 g/mol. The van der Waals surface area contributed by atoms with Crippen molar-refractivity contribution in [3.8, 4) is 0 Å². The zero-order chi connectivity index (χ0) is 12.8.